The summed E-state index contributed by atoms with van der Waals surface area (Å²) in [6, 6.07) is 21.5. The van der Waals surface area contributed by atoms with Crippen molar-refractivity contribution in [1.29, 1.82) is 0 Å². The van der Waals surface area contributed by atoms with Crippen LogP contribution in [-0.2, 0) is 10.0 Å². The van der Waals surface area contributed by atoms with Crippen molar-refractivity contribution in [2.75, 3.05) is 11.0 Å². The lowest BCUT2D eigenvalue weighted by Crippen LogP contribution is -2.09. The van der Waals surface area contributed by atoms with Crippen LogP contribution in [0.15, 0.2) is 72.8 Å². The number of hydrogen-bond acceptors (Lipinski definition) is 5. The van der Waals surface area contributed by atoms with Crippen molar-refractivity contribution >= 4 is 26.7 Å². The predicted molar refractivity (Wildman–Crippen MR) is 112 cm³/mol. The second-order valence-corrected chi connectivity index (χ2v) is 8.36. The average molecular weight is 409 g/mol. The number of sulfonamides is 1. The predicted octanol–water partition coefficient (Wildman–Crippen LogP) is 3.81. The minimum absolute atomic E-state index is 0.369. The first kappa shape index (κ1) is 19.0. The minimum atomic E-state index is -3.37. The maximum atomic E-state index is 11.4. The molecule has 1 unspecified atom stereocenters. The van der Waals surface area contributed by atoms with Gasteiger partial charge in [0.25, 0.3) is 0 Å². The molecule has 148 valence electrons. The molecule has 1 aromatic heterocycles. The fourth-order valence-electron chi connectivity index (χ4n) is 2.94. The van der Waals surface area contributed by atoms with Crippen LogP contribution in [0.2, 0.25) is 0 Å². The summed E-state index contributed by atoms with van der Waals surface area (Å²) < 4.78 is 31.0. The molecular formula is C21H19N3O4S. The summed E-state index contributed by atoms with van der Waals surface area (Å²) in [4.78, 5) is 7.45. The van der Waals surface area contributed by atoms with Gasteiger partial charge in [-0.25, -0.2) is 13.4 Å². The zero-order valence-electron chi connectivity index (χ0n) is 15.5. The van der Waals surface area contributed by atoms with E-state index in [1.54, 1.807) is 42.5 Å². The summed E-state index contributed by atoms with van der Waals surface area (Å²) in [6.45, 7) is 0. The van der Waals surface area contributed by atoms with Crippen molar-refractivity contribution < 1.29 is 18.3 Å². The third kappa shape index (κ3) is 4.56. The zero-order chi connectivity index (χ0) is 20.4. The van der Waals surface area contributed by atoms with Gasteiger partial charge in [-0.05, 0) is 48.0 Å². The molecule has 4 rings (SSSR count). The number of rotatable bonds is 6. The quantitative estimate of drug-likeness (QED) is 0.449. The van der Waals surface area contributed by atoms with Crippen LogP contribution in [0.3, 0.4) is 0 Å². The van der Waals surface area contributed by atoms with Gasteiger partial charge >= 0.3 is 0 Å². The molecule has 3 aromatic carbocycles. The van der Waals surface area contributed by atoms with Crippen molar-refractivity contribution in [3.8, 4) is 11.5 Å². The van der Waals surface area contributed by atoms with Gasteiger partial charge in [0.2, 0.25) is 10.0 Å². The van der Waals surface area contributed by atoms with Gasteiger partial charge < -0.3 is 14.8 Å². The number of nitrogens with one attached hydrogen (secondary N) is 2. The number of aliphatic hydroxyl groups is 1. The highest BCUT2D eigenvalue weighted by Crippen LogP contribution is 2.27. The monoisotopic (exact) mass is 409 g/mol. The topological polar surface area (TPSA) is 104 Å². The van der Waals surface area contributed by atoms with E-state index in [-0.39, 0.29) is 0 Å². The van der Waals surface area contributed by atoms with Crippen molar-refractivity contribution in [2.45, 2.75) is 6.10 Å². The molecule has 8 heteroatoms. The van der Waals surface area contributed by atoms with Crippen LogP contribution >= 0.6 is 0 Å². The lowest BCUT2D eigenvalue weighted by molar-refractivity contribution is 0.211. The minimum Gasteiger partial charge on any atom is -0.457 e. The fourth-order valence-corrected chi connectivity index (χ4v) is 3.49. The maximum absolute atomic E-state index is 11.4. The van der Waals surface area contributed by atoms with E-state index in [2.05, 4.69) is 14.7 Å². The van der Waals surface area contributed by atoms with Gasteiger partial charge in [-0.2, -0.15) is 0 Å². The van der Waals surface area contributed by atoms with E-state index in [4.69, 9.17) is 4.74 Å². The van der Waals surface area contributed by atoms with Gasteiger partial charge in [-0.15, -0.1) is 0 Å². The molecule has 0 bridgehead atoms. The average Bonchev–Trinajstić information content (AvgIpc) is 3.11. The molecule has 3 N–H and O–H groups in total. The highest BCUT2D eigenvalue weighted by atomic mass is 32.2. The number of anilines is 1. The van der Waals surface area contributed by atoms with Gasteiger partial charge in [0, 0.05) is 0 Å². The summed E-state index contributed by atoms with van der Waals surface area (Å²) in [5.74, 6) is 1.76. The molecule has 29 heavy (non-hydrogen) atoms. The summed E-state index contributed by atoms with van der Waals surface area (Å²) in [6.07, 6.45) is 0.129. The molecule has 0 aliphatic rings. The van der Waals surface area contributed by atoms with Gasteiger partial charge in [0.15, 0.2) is 0 Å². The number of ether oxygens (including phenoxy) is 1. The van der Waals surface area contributed by atoms with Crippen molar-refractivity contribution in [3.63, 3.8) is 0 Å². The fraction of sp³-hybridized carbons (Fsp3) is 0.0952. The van der Waals surface area contributed by atoms with Gasteiger partial charge in [-0.3, -0.25) is 4.72 Å². The van der Waals surface area contributed by atoms with E-state index in [0.29, 0.717) is 33.9 Å². The second kappa shape index (κ2) is 7.57. The number of H-pyrrole nitrogens is 1. The maximum Gasteiger partial charge on any atom is 0.229 e. The molecule has 0 saturated heterocycles. The number of aromatic amines is 1. The number of nitrogens with zero attached hydrogens (tertiary/aromatic N) is 1. The van der Waals surface area contributed by atoms with Crippen LogP contribution in [0.4, 0.5) is 5.69 Å². The first-order chi connectivity index (χ1) is 13.9. The highest BCUT2D eigenvalue weighted by molar-refractivity contribution is 7.92. The van der Waals surface area contributed by atoms with Crippen LogP contribution in [0, 0.1) is 0 Å². The highest BCUT2D eigenvalue weighted by Gasteiger charge is 2.16. The SMILES string of the molecule is CS(=O)(=O)Nc1ccc2nc(C(O)c3ccc(Oc4ccccc4)cc3)[nH]c2c1. The van der Waals surface area contributed by atoms with Crippen molar-refractivity contribution in [2.24, 2.45) is 0 Å². The normalized spacial score (nSPS) is 12.6. The van der Waals surface area contributed by atoms with E-state index in [0.717, 1.165) is 12.0 Å². The number of benzene rings is 3. The van der Waals surface area contributed by atoms with Gasteiger partial charge in [-0.1, -0.05) is 30.3 Å². The molecule has 0 aliphatic heterocycles. The molecule has 1 heterocycles. The summed E-state index contributed by atoms with van der Waals surface area (Å²) in [7, 11) is -3.37. The molecule has 0 amide bonds. The lowest BCUT2D eigenvalue weighted by atomic mass is 10.1. The lowest BCUT2D eigenvalue weighted by Gasteiger charge is -2.10. The van der Waals surface area contributed by atoms with Crippen LogP contribution < -0.4 is 9.46 Å². The molecule has 0 aliphatic carbocycles. The number of para-hydroxylation sites is 1. The van der Waals surface area contributed by atoms with Crippen molar-refractivity contribution in [3.05, 3.63) is 84.2 Å². The number of fused-ring (bicyclic) bond motifs is 1. The molecule has 1 atom stereocenters. The number of aromatic nitrogens is 2. The molecule has 0 fully saturated rings. The van der Waals surface area contributed by atoms with E-state index in [1.165, 1.54) is 0 Å². The first-order valence-corrected chi connectivity index (χ1v) is 10.7. The molecule has 0 spiro atoms. The molecule has 7 nitrogen and oxygen atoms in total. The van der Waals surface area contributed by atoms with Crippen LogP contribution in [0.5, 0.6) is 11.5 Å². The van der Waals surface area contributed by atoms with E-state index >= 15 is 0 Å². The Morgan fingerprint density at radius 1 is 1.00 bits per heavy atom. The second-order valence-electron chi connectivity index (χ2n) is 6.61. The molecule has 0 radical (unpaired) electrons. The third-order valence-corrected chi connectivity index (χ3v) is 4.84. The number of hydrogen-bond donors (Lipinski definition) is 3. The Balaban J connectivity index is 1.54. The van der Waals surface area contributed by atoms with E-state index in [9.17, 15) is 13.5 Å². The summed E-state index contributed by atoms with van der Waals surface area (Å²) in [5, 5.41) is 10.7. The van der Waals surface area contributed by atoms with Crippen LogP contribution in [0.25, 0.3) is 11.0 Å². The van der Waals surface area contributed by atoms with E-state index in [1.807, 2.05) is 30.3 Å². The Hall–Kier alpha value is -3.36. The Labute approximate surface area is 168 Å². The Morgan fingerprint density at radius 3 is 2.38 bits per heavy atom. The smallest absolute Gasteiger partial charge is 0.229 e. The molecule has 4 aromatic rings. The molecular weight excluding hydrogens is 390 g/mol. The van der Waals surface area contributed by atoms with Crippen LogP contribution in [0.1, 0.15) is 17.5 Å². The zero-order valence-corrected chi connectivity index (χ0v) is 16.3. The standard InChI is InChI=1S/C21H19N3O4S/c1-29(26,27)24-15-9-12-18-19(13-15)23-21(22-18)20(25)14-7-10-17(11-8-14)28-16-5-3-2-4-6-16/h2-13,20,24-25H,1H3,(H,22,23). The Morgan fingerprint density at radius 2 is 1.69 bits per heavy atom. The number of imidazole rings is 1. The first-order valence-electron chi connectivity index (χ1n) is 8.86. The van der Waals surface area contributed by atoms with Crippen LogP contribution in [-0.4, -0.2) is 29.7 Å². The van der Waals surface area contributed by atoms with E-state index < -0.39 is 16.1 Å². The van der Waals surface area contributed by atoms with Gasteiger partial charge in [0.1, 0.15) is 23.4 Å². The summed E-state index contributed by atoms with van der Waals surface area (Å²) >= 11 is 0. The Bertz CT molecular complexity index is 1240. The number of aliphatic hydroxyl groups excluding tert-OH is 1. The molecule has 0 saturated carbocycles. The largest absolute Gasteiger partial charge is 0.457 e. The summed E-state index contributed by atoms with van der Waals surface area (Å²) in [5.41, 5.74) is 2.32. The van der Waals surface area contributed by atoms with Gasteiger partial charge in [0.05, 0.1) is 23.0 Å². The third-order valence-electron chi connectivity index (χ3n) is 4.24. The van der Waals surface area contributed by atoms with Crippen molar-refractivity contribution in [1.82, 2.24) is 9.97 Å². The Kier molecular flexibility index (Phi) is 4.96.